The van der Waals surface area contributed by atoms with Crippen molar-refractivity contribution in [1.82, 2.24) is 14.5 Å². The van der Waals surface area contributed by atoms with E-state index < -0.39 is 0 Å². The highest BCUT2D eigenvalue weighted by Gasteiger charge is 2.20. The number of imidazole rings is 1. The zero-order valence-electron chi connectivity index (χ0n) is 11.8. The Morgan fingerprint density at radius 1 is 1.42 bits per heavy atom. The summed E-state index contributed by atoms with van der Waals surface area (Å²) in [6.45, 7) is 6.93. The molecule has 1 aliphatic heterocycles. The number of aliphatic hydroxyl groups excluding tert-OH is 1. The maximum Gasteiger partial charge on any atom is 0.0948 e. The summed E-state index contributed by atoms with van der Waals surface area (Å²) in [7, 11) is 0. The number of aryl methyl sites for hydroxylation is 1. The molecule has 0 atom stereocenters. The van der Waals surface area contributed by atoms with Gasteiger partial charge in [0.05, 0.1) is 31.3 Å². The second-order valence-corrected chi connectivity index (χ2v) is 5.15. The van der Waals surface area contributed by atoms with Gasteiger partial charge in [0.25, 0.3) is 0 Å². The fourth-order valence-corrected chi connectivity index (χ4v) is 2.60. The van der Waals surface area contributed by atoms with Crippen molar-refractivity contribution >= 4 is 0 Å². The Morgan fingerprint density at radius 3 is 2.89 bits per heavy atom. The Hall–Kier alpha value is -0.910. The van der Waals surface area contributed by atoms with Crippen LogP contribution in [0.2, 0.25) is 0 Å². The van der Waals surface area contributed by atoms with E-state index in [0.717, 1.165) is 45.4 Å². The van der Waals surface area contributed by atoms with Gasteiger partial charge in [-0.25, -0.2) is 4.98 Å². The van der Waals surface area contributed by atoms with Crippen molar-refractivity contribution < 1.29 is 9.84 Å². The molecule has 19 heavy (non-hydrogen) atoms. The molecule has 2 rings (SSSR count). The van der Waals surface area contributed by atoms with E-state index in [1.54, 1.807) is 0 Å². The first-order chi connectivity index (χ1) is 9.33. The van der Waals surface area contributed by atoms with Gasteiger partial charge in [-0.05, 0) is 19.3 Å². The lowest BCUT2D eigenvalue weighted by Gasteiger charge is -2.31. The molecule has 0 unspecified atom stereocenters. The van der Waals surface area contributed by atoms with Gasteiger partial charge in [-0.2, -0.15) is 0 Å². The van der Waals surface area contributed by atoms with Crippen molar-refractivity contribution in [2.75, 3.05) is 26.3 Å². The van der Waals surface area contributed by atoms with Crippen LogP contribution in [0, 0.1) is 0 Å². The van der Waals surface area contributed by atoms with Crippen molar-refractivity contribution in [2.45, 2.75) is 45.4 Å². The second kappa shape index (κ2) is 7.62. The predicted octanol–water partition coefficient (Wildman–Crippen LogP) is 1.27. The average molecular weight is 267 g/mol. The van der Waals surface area contributed by atoms with Crippen molar-refractivity contribution in [3.05, 3.63) is 18.2 Å². The quantitative estimate of drug-likeness (QED) is 0.808. The maximum atomic E-state index is 8.76. The highest BCUT2D eigenvalue weighted by molar-refractivity contribution is 4.98. The third kappa shape index (κ3) is 4.30. The van der Waals surface area contributed by atoms with Gasteiger partial charge in [0.1, 0.15) is 0 Å². The summed E-state index contributed by atoms with van der Waals surface area (Å²) in [5, 5.41) is 8.76. The molecule has 0 saturated carbocycles. The van der Waals surface area contributed by atoms with Gasteiger partial charge < -0.3 is 14.4 Å². The molecule has 0 aliphatic carbocycles. The molecule has 0 amide bonds. The molecule has 5 nitrogen and oxygen atoms in total. The lowest BCUT2D eigenvalue weighted by molar-refractivity contribution is -0.00933. The zero-order valence-corrected chi connectivity index (χ0v) is 11.8. The fraction of sp³-hybridized carbons (Fsp3) is 0.786. The summed E-state index contributed by atoms with van der Waals surface area (Å²) in [5.41, 5.74) is 1.30. The molecular weight excluding hydrogens is 242 g/mol. The number of aliphatic hydroxyl groups is 1. The third-order valence-electron chi connectivity index (χ3n) is 3.63. The number of piperidine rings is 1. The molecule has 1 aromatic heterocycles. The van der Waals surface area contributed by atoms with E-state index in [4.69, 9.17) is 9.84 Å². The number of hydrogen-bond donors (Lipinski definition) is 1. The first kappa shape index (κ1) is 14.5. The van der Waals surface area contributed by atoms with Crippen LogP contribution in [0.1, 0.15) is 31.9 Å². The largest absolute Gasteiger partial charge is 0.394 e. The van der Waals surface area contributed by atoms with E-state index in [0.29, 0.717) is 12.7 Å². The number of ether oxygens (including phenoxy) is 1. The smallest absolute Gasteiger partial charge is 0.0948 e. The Balaban J connectivity index is 1.77. The van der Waals surface area contributed by atoms with Crippen molar-refractivity contribution in [1.29, 1.82) is 0 Å². The lowest BCUT2D eigenvalue weighted by Crippen LogP contribution is -2.37. The number of nitrogens with zero attached hydrogens (tertiary/aromatic N) is 3. The Kier molecular flexibility index (Phi) is 5.82. The van der Waals surface area contributed by atoms with Crippen LogP contribution in [-0.2, 0) is 17.8 Å². The Morgan fingerprint density at radius 2 is 2.21 bits per heavy atom. The summed E-state index contributed by atoms with van der Waals surface area (Å²) in [6, 6.07) is 0. The van der Waals surface area contributed by atoms with Crippen LogP contribution in [0.25, 0.3) is 0 Å². The minimum atomic E-state index is 0.121. The van der Waals surface area contributed by atoms with E-state index in [1.165, 1.54) is 5.69 Å². The predicted molar refractivity (Wildman–Crippen MR) is 73.9 cm³/mol. The van der Waals surface area contributed by atoms with Gasteiger partial charge in [0.2, 0.25) is 0 Å². The third-order valence-corrected chi connectivity index (χ3v) is 3.63. The zero-order chi connectivity index (χ0) is 13.5. The lowest BCUT2D eigenvalue weighted by atomic mass is 10.1. The summed E-state index contributed by atoms with van der Waals surface area (Å²) >= 11 is 0. The molecule has 1 aliphatic rings. The van der Waals surface area contributed by atoms with E-state index in [-0.39, 0.29) is 6.61 Å². The number of aromatic nitrogens is 2. The van der Waals surface area contributed by atoms with Gasteiger partial charge in [-0.1, -0.05) is 6.92 Å². The van der Waals surface area contributed by atoms with E-state index in [1.807, 2.05) is 12.5 Å². The van der Waals surface area contributed by atoms with Crippen LogP contribution < -0.4 is 0 Å². The van der Waals surface area contributed by atoms with Crippen molar-refractivity contribution in [3.8, 4) is 0 Å². The SMILES string of the molecule is CCCn1cncc1CN1CCC(OCCO)CC1. The maximum absolute atomic E-state index is 8.76. The molecule has 0 aromatic carbocycles. The summed E-state index contributed by atoms with van der Waals surface area (Å²) in [5.74, 6) is 0. The minimum absolute atomic E-state index is 0.121. The van der Waals surface area contributed by atoms with Crippen LogP contribution in [0.15, 0.2) is 12.5 Å². The molecule has 0 bridgehead atoms. The first-order valence-electron chi connectivity index (χ1n) is 7.27. The average Bonchev–Trinajstić information content (AvgIpc) is 2.86. The monoisotopic (exact) mass is 267 g/mol. The molecule has 0 spiro atoms. The van der Waals surface area contributed by atoms with Crippen LogP contribution in [0.5, 0.6) is 0 Å². The van der Waals surface area contributed by atoms with Crippen LogP contribution in [0.3, 0.4) is 0 Å². The summed E-state index contributed by atoms with van der Waals surface area (Å²) < 4.78 is 7.83. The second-order valence-electron chi connectivity index (χ2n) is 5.15. The van der Waals surface area contributed by atoms with Gasteiger partial charge in [0.15, 0.2) is 0 Å². The van der Waals surface area contributed by atoms with Crippen molar-refractivity contribution in [2.24, 2.45) is 0 Å². The highest BCUT2D eigenvalue weighted by Crippen LogP contribution is 2.16. The first-order valence-corrected chi connectivity index (χ1v) is 7.27. The van der Waals surface area contributed by atoms with Gasteiger partial charge >= 0.3 is 0 Å². The van der Waals surface area contributed by atoms with E-state index in [2.05, 4.69) is 21.4 Å². The topological polar surface area (TPSA) is 50.5 Å². The Labute approximate surface area is 115 Å². The number of hydrogen-bond acceptors (Lipinski definition) is 4. The molecule has 2 heterocycles. The molecule has 1 aromatic rings. The normalized spacial score (nSPS) is 18.0. The summed E-state index contributed by atoms with van der Waals surface area (Å²) in [6.07, 6.45) is 7.48. The minimum Gasteiger partial charge on any atom is -0.394 e. The molecular formula is C14H25N3O2. The van der Waals surface area contributed by atoms with Crippen LogP contribution in [0.4, 0.5) is 0 Å². The fourth-order valence-electron chi connectivity index (χ4n) is 2.60. The molecule has 1 fully saturated rings. The van der Waals surface area contributed by atoms with E-state index >= 15 is 0 Å². The van der Waals surface area contributed by atoms with Gasteiger partial charge in [-0.3, -0.25) is 4.90 Å². The van der Waals surface area contributed by atoms with Gasteiger partial charge in [0, 0.05) is 32.4 Å². The van der Waals surface area contributed by atoms with Crippen molar-refractivity contribution in [3.63, 3.8) is 0 Å². The molecule has 108 valence electrons. The van der Waals surface area contributed by atoms with Crippen LogP contribution in [-0.4, -0.2) is 52.0 Å². The number of likely N-dealkylation sites (tertiary alicyclic amines) is 1. The molecule has 0 radical (unpaired) electrons. The summed E-state index contributed by atoms with van der Waals surface area (Å²) in [4.78, 5) is 6.71. The van der Waals surface area contributed by atoms with Crippen LogP contribution >= 0.6 is 0 Å². The molecule has 1 saturated heterocycles. The Bertz CT molecular complexity index is 359. The molecule has 5 heteroatoms. The highest BCUT2D eigenvalue weighted by atomic mass is 16.5. The molecule has 1 N–H and O–H groups in total. The number of rotatable bonds is 7. The van der Waals surface area contributed by atoms with E-state index in [9.17, 15) is 0 Å². The standard InChI is InChI=1S/C14H25N3O2/c1-2-5-17-12-15-10-13(17)11-16-6-3-14(4-7-16)19-9-8-18/h10,12,14,18H,2-9,11H2,1H3. The van der Waals surface area contributed by atoms with Gasteiger partial charge in [-0.15, -0.1) is 0 Å².